The van der Waals surface area contributed by atoms with Crippen molar-refractivity contribution in [1.29, 1.82) is 0 Å². The molecule has 0 saturated carbocycles. The molecule has 0 aliphatic rings. The number of benzene rings is 1. The molecule has 2 rings (SSSR count). The molecular weight excluding hydrogens is 324 g/mol. The average Bonchev–Trinajstić information content (AvgIpc) is 3.10. The molecule has 2 aromatic rings. The molecule has 5 nitrogen and oxygen atoms in total. The zero-order valence-corrected chi connectivity index (χ0v) is 15.1. The third-order valence-electron chi connectivity index (χ3n) is 3.77. The minimum Gasteiger partial charge on any atom is -0.493 e. The van der Waals surface area contributed by atoms with Crippen LogP contribution < -0.4 is 15.2 Å². The van der Waals surface area contributed by atoms with Gasteiger partial charge in [0.05, 0.1) is 20.3 Å². The summed E-state index contributed by atoms with van der Waals surface area (Å²) in [6, 6.07) is 7.33. The first kappa shape index (κ1) is 18.3. The second kappa shape index (κ2) is 8.70. The van der Waals surface area contributed by atoms with Crippen LogP contribution in [0.15, 0.2) is 35.0 Å². The largest absolute Gasteiger partial charge is 0.493 e. The summed E-state index contributed by atoms with van der Waals surface area (Å²) in [4.78, 5) is 14.2. The highest BCUT2D eigenvalue weighted by Crippen LogP contribution is 2.27. The van der Waals surface area contributed by atoms with E-state index in [9.17, 15) is 4.79 Å². The van der Waals surface area contributed by atoms with Crippen molar-refractivity contribution in [2.75, 3.05) is 20.8 Å². The third-order valence-corrected chi connectivity index (χ3v) is 4.51. The molecule has 0 aliphatic heterocycles. The Morgan fingerprint density at radius 2 is 1.96 bits per heavy atom. The van der Waals surface area contributed by atoms with E-state index in [2.05, 4.69) is 5.38 Å². The summed E-state index contributed by atoms with van der Waals surface area (Å²) in [7, 11) is 3.23. The van der Waals surface area contributed by atoms with Gasteiger partial charge >= 0.3 is 0 Å². The molecule has 1 atom stereocenters. The standard InChI is InChI=1S/C18H24N2O3S/c1-13(19)18(21)20(11-15-7-9-24-12-15)8-6-14-4-5-16(22-2)17(10-14)23-3/h4-5,7,9-10,12-13H,6,8,11,19H2,1-3H3/t13-/m0/s1. The van der Waals surface area contributed by atoms with E-state index in [0.717, 1.165) is 17.5 Å². The van der Waals surface area contributed by atoms with Crippen LogP contribution in [-0.4, -0.2) is 37.6 Å². The van der Waals surface area contributed by atoms with Gasteiger partial charge in [-0.15, -0.1) is 0 Å². The number of thiophene rings is 1. The number of carbonyl (C=O) groups excluding carboxylic acids is 1. The number of amides is 1. The van der Waals surface area contributed by atoms with E-state index in [4.69, 9.17) is 15.2 Å². The van der Waals surface area contributed by atoms with Crippen molar-refractivity contribution in [3.63, 3.8) is 0 Å². The molecule has 0 fully saturated rings. The summed E-state index contributed by atoms with van der Waals surface area (Å²) in [6.45, 7) is 2.90. The van der Waals surface area contributed by atoms with E-state index in [1.165, 1.54) is 0 Å². The highest BCUT2D eigenvalue weighted by Gasteiger charge is 2.18. The second-order valence-corrected chi connectivity index (χ2v) is 6.40. The summed E-state index contributed by atoms with van der Waals surface area (Å²) >= 11 is 1.63. The zero-order chi connectivity index (χ0) is 17.5. The molecule has 130 valence electrons. The number of ether oxygens (including phenoxy) is 2. The number of hydrogen-bond donors (Lipinski definition) is 1. The quantitative estimate of drug-likeness (QED) is 0.797. The van der Waals surface area contributed by atoms with Crippen LogP contribution in [0.25, 0.3) is 0 Å². The summed E-state index contributed by atoms with van der Waals surface area (Å²) in [5, 5.41) is 4.07. The van der Waals surface area contributed by atoms with Gasteiger partial charge in [0.25, 0.3) is 0 Å². The lowest BCUT2D eigenvalue weighted by atomic mass is 10.1. The molecule has 1 aromatic heterocycles. The normalized spacial score (nSPS) is 11.8. The van der Waals surface area contributed by atoms with E-state index in [1.54, 1.807) is 32.5 Å². The van der Waals surface area contributed by atoms with Gasteiger partial charge in [-0.3, -0.25) is 4.79 Å². The highest BCUT2D eigenvalue weighted by molar-refractivity contribution is 7.07. The highest BCUT2D eigenvalue weighted by atomic mass is 32.1. The van der Waals surface area contributed by atoms with Gasteiger partial charge in [0.2, 0.25) is 5.91 Å². The third kappa shape index (κ3) is 4.72. The van der Waals surface area contributed by atoms with Crippen LogP contribution in [0, 0.1) is 0 Å². The van der Waals surface area contributed by atoms with E-state index >= 15 is 0 Å². The van der Waals surface area contributed by atoms with Crippen molar-refractivity contribution in [2.45, 2.75) is 25.9 Å². The molecule has 0 spiro atoms. The molecule has 0 unspecified atom stereocenters. The topological polar surface area (TPSA) is 64.8 Å². The fraction of sp³-hybridized carbons (Fsp3) is 0.389. The molecule has 2 N–H and O–H groups in total. The maximum Gasteiger partial charge on any atom is 0.239 e. The predicted octanol–water partition coefficient (Wildman–Crippen LogP) is 2.68. The van der Waals surface area contributed by atoms with Gasteiger partial charge in [0.15, 0.2) is 11.5 Å². The van der Waals surface area contributed by atoms with Gasteiger partial charge in [0.1, 0.15) is 0 Å². The number of methoxy groups -OCH3 is 2. The van der Waals surface area contributed by atoms with E-state index in [-0.39, 0.29) is 5.91 Å². The molecular formula is C18H24N2O3S. The molecule has 0 radical (unpaired) electrons. The maximum absolute atomic E-state index is 12.4. The van der Waals surface area contributed by atoms with Crippen molar-refractivity contribution in [2.24, 2.45) is 5.73 Å². The van der Waals surface area contributed by atoms with E-state index < -0.39 is 6.04 Å². The van der Waals surface area contributed by atoms with Crippen LogP contribution in [0.2, 0.25) is 0 Å². The lowest BCUT2D eigenvalue weighted by Crippen LogP contribution is -2.42. The van der Waals surface area contributed by atoms with Crippen molar-refractivity contribution in [3.8, 4) is 11.5 Å². The number of nitrogens with two attached hydrogens (primary N) is 1. The van der Waals surface area contributed by atoms with Gasteiger partial charge in [-0.2, -0.15) is 11.3 Å². The molecule has 1 amide bonds. The Balaban J connectivity index is 2.08. The number of rotatable bonds is 8. The van der Waals surface area contributed by atoms with Gasteiger partial charge in [-0.25, -0.2) is 0 Å². The zero-order valence-electron chi connectivity index (χ0n) is 14.3. The first-order valence-corrected chi connectivity index (χ1v) is 8.75. The smallest absolute Gasteiger partial charge is 0.239 e. The van der Waals surface area contributed by atoms with Gasteiger partial charge in [-0.1, -0.05) is 6.07 Å². The molecule has 0 saturated heterocycles. The Bertz CT molecular complexity index is 656. The van der Waals surface area contributed by atoms with Gasteiger partial charge in [0, 0.05) is 13.1 Å². The van der Waals surface area contributed by atoms with Crippen LogP contribution in [0.1, 0.15) is 18.1 Å². The Morgan fingerprint density at radius 3 is 2.54 bits per heavy atom. The van der Waals surface area contributed by atoms with Crippen LogP contribution in [0.4, 0.5) is 0 Å². The summed E-state index contributed by atoms with van der Waals surface area (Å²) in [5.41, 5.74) is 8.00. The van der Waals surface area contributed by atoms with E-state index in [0.29, 0.717) is 24.6 Å². The average molecular weight is 348 g/mol. The molecule has 1 heterocycles. The molecule has 24 heavy (non-hydrogen) atoms. The van der Waals surface area contributed by atoms with Crippen molar-refractivity contribution < 1.29 is 14.3 Å². The maximum atomic E-state index is 12.4. The van der Waals surface area contributed by atoms with Crippen LogP contribution in [0.3, 0.4) is 0 Å². The molecule has 6 heteroatoms. The Morgan fingerprint density at radius 1 is 1.21 bits per heavy atom. The molecule has 1 aromatic carbocycles. The minimum atomic E-state index is -0.506. The molecule has 0 aliphatic carbocycles. The van der Waals surface area contributed by atoms with Crippen LogP contribution in [0.5, 0.6) is 11.5 Å². The van der Waals surface area contributed by atoms with Crippen LogP contribution in [-0.2, 0) is 17.8 Å². The fourth-order valence-corrected chi connectivity index (χ4v) is 3.12. The first-order chi connectivity index (χ1) is 11.5. The van der Waals surface area contributed by atoms with Gasteiger partial charge in [-0.05, 0) is 53.4 Å². The monoisotopic (exact) mass is 348 g/mol. The SMILES string of the molecule is COc1ccc(CCN(Cc2ccsc2)C(=O)[C@H](C)N)cc1OC. The van der Waals surface area contributed by atoms with Crippen molar-refractivity contribution >= 4 is 17.2 Å². The minimum absolute atomic E-state index is 0.0401. The van der Waals surface area contributed by atoms with E-state index in [1.807, 2.05) is 34.5 Å². The predicted molar refractivity (Wildman–Crippen MR) is 96.6 cm³/mol. The van der Waals surface area contributed by atoms with Crippen molar-refractivity contribution in [3.05, 3.63) is 46.2 Å². The van der Waals surface area contributed by atoms with Crippen molar-refractivity contribution in [1.82, 2.24) is 4.90 Å². The Kier molecular flexibility index (Phi) is 6.63. The lowest BCUT2D eigenvalue weighted by molar-refractivity contribution is -0.132. The summed E-state index contributed by atoms with van der Waals surface area (Å²) in [5.74, 6) is 1.35. The number of carbonyl (C=O) groups is 1. The summed E-state index contributed by atoms with van der Waals surface area (Å²) < 4.78 is 10.6. The fourth-order valence-electron chi connectivity index (χ4n) is 2.46. The second-order valence-electron chi connectivity index (χ2n) is 5.62. The lowest BCUT2D eigenvalue weighted by Gasteiger charge is -2.24. The summed E-state index contributed by atoms with van der Waals surface area (Å²) in [6.07, 6.45) is 0.725. The molecule has 0 bridgehead atoms. The number of hydrogen-bond acceptors (Lipinski definition) is 5. The van der Waals surface area contributed by atoms with Crippen LogP contribution >= 0.6 is 11.3 Å². The Labute approximate surface area is 147 Å². The first-order valence-electron chi connectivity index (χ1n) is 7.81. The van der Waals surface area contributed by atoms with Gasteiger partial charge < -0.3 is 20.1 Å². The number of nitrogens with zero attached hydrogens (tertiary/aromatic N) is 1. The Hall–Kier alpha value is -2.05.